The van der Waals surface area contributed by atoms with Crippen LogP contribution in [-0.2, 0) is 4.74 Å². The van der Waals surface area contributed by atoms with Crippen LogP contribution in [-0.4, -0.2) is 31.3 Å². The van der Waals surface area contributed by atoms with Gasteiger partial charge in [0.2, 0.25) is 0 Å². The lowest BCUT2D eigenvalue weighted by Gasteiger charge is -2.25. The van der Waals surface area contributed by atoms with E-state index in [0.29, 0.717) is 0 Å². The van der Waals surface area contributed by atoms with Crippen molar-refractivity contribution in [1.82, 2.24) is 4.98 Å². The second-order valence-electron chi connectivity index (χ2n) is 4.84. The Morgan fingerprint density at radius 1 is 1.25 bits per heavy atom. The minimum atomic E-state index is 0.732. The van der Waals surface area contributed by atoms with Gasteiger partial charge in [-0.05, 0) is 45.0 Å². The van der Waals surface area contributed by atoms with Crippen molar-refractivity contribution in [3.8, 4) is 0 Å². The summed E-state index contributed by atoms with van der Waals surface area (Å²) in [7, 11) is 0. The highest BCUT2D eigenvalue weighted by Gasteiger charge is 2.11. The molecular formula is C16H23N3O. The quantitative estimate of drug-likeness (QED) is 0.649. The first-order chi connectivity index (χ1) is 9.65. The highest BCUT2D eigenvalue weighted by Crippen LogP contribution is 2.28. The van der Waals surface area contributed by atoms with Crippen molar-refractivity contribution in [3.05, 3.63) is 30.0 Å². The third-order valence-corrected chi connectivity index (χ3v) is 3.37. The minimum absolute atomic E-state index is 0.732. The number of ether oxygens (including phenoxy) is 1. The van der Waals surface area contributed by atoms with Gasteiger partial charge < -0.3 is 15.4 Å². The van der Waals surface area contributed by atoms with Gasteiger partial charge in [-0.25, -0.2) is 0 Å². The number of likely N-dealkylation sites (N-methyl/N-ethyl adjacent to an activating group) is 1. The van der Waals surface area contributed by atoms with Gasteiger partial charge in [0, 0.05) is 42.2 Å². The fraction of sp³-hybridized carbons (Fsp3) is 0.438. The molecule has 0 atom stereocenters. The van der Waals surface area contributed by atoms with E-state index in [4.69, 9.17) is 10.5 Å². The number of nitrogens with two attached hydrogens (primary N) is 1. The number of nitrogens with zero attached hydrogens (tertiary/aromatic N) is 2. The summed E-state index contributed by atoms with van der Waals surface area (Å²) in [5.74, 6) is 0. The summed E-state index contributed by atoms with van der Waals surface area (Å²) in [6, 6.07) is 8.00. The highest BCUT2D eigenvalue weighted by atomic mass is 16.5. The highest BCUT2D eigenvalue weighted by molar-refractivity contribution is 5.94. The smallest absolute Gasteiger partial charge is 0.0727 e. The van der Waals surface area contributed by atoms with Crippen molar-refractivity contribution in [1.29, 1.82) is 0 Å². The Morgan fingerprint density at radius 2 is 2.05 bits per heavy atom. The average molecular weight is 273 g/mol. The van der Waals surface area contributed by atoms with Gasteiger partial charge in [-0.15, -0.1) is 0 Å². The molecule has 20 heavy (non-hydrogen) atoms. The number of nitrogen functional groups attached to an aromatic ring is 1. The number of aryl methyl sites for hydroxylation is 1. The zero-order valence-electron chi connectivity index (χ0n) is 12.5. The summed E-state index contributed by atoms with van der Waals surface area (Å²) in [5, 5.41) is 1.11. The molecule has 0 aliphatic heterocycles. The standard InChI is InChI=1S/C16H23N3O/c1-4-19(8-9-20-5-2)16-10-12(3)18-15-7-6-13(17)11-14(15)16/h6-7,10-11H,4-5,8-9,17H2,1-3H3. The fourth-order valence-electron chi connectivity index (χ4n) is 2.38. The third kappa shape index (κ3) is 3.20. The Labute approximate surface area is 120 Å². The van der Waals surface area contributed by atoms with Gasteiger partial charge in [-0.3, -0.25) is 4.98 Å². The van der Waals surface area contributed by atoms with Crippen LogP contribution in [0.5, 0.6) is 0 Å². The molecule has 0 aliphatic carbocycles. The van der Waals surface area contributed by atoms with Gasteiger partial charge in [0.1, 0.15) is 0 Å². The Kier molecular flexibility index (Phi) is 4.79. The fourth-order valence-corrected chi connectivity index (χ4v) is 2.38. The summed E-state index contributed by atoms with van der Waals surface area (Å²) in [4.78, 5) is 6.89. The number of hydrogen-bond donors (Lipinski definition) is 1. The van der Waals surface area contributed by atoms with Crippen LogP contribution in [0.4, 0.5) is 11.4 Å². The van der Waals surface area contributed by atoms with Gasteiger partial charge in [0.05, 0.1) is 12.1 Å². The van der Waals surface area contributed by atoms with Crippen molar-refractivity contribution < 1.29 is 4.74 Å². The van der Waals surface area contributed by atoms with E-state index >= 15 is 0 Å². The van der Waals surface area contributed by atoms with E-state index in [1.807, 2.05) is 32.0 Å². The molecule has 0 saturated heterocycles. The second kappa shape index (κ2) is 6.57. The second-order valence-corrected chi connectivity index (χ2v) is 4.84. The molecule has 1 heterocycles. The minimum Gasteiger partial charge on any atom is -0.399 e. The first-order valence-electron chi connectivity index (χ1n) is 7.15. The summed E-state index contributed by atoms with van der Waals surface area (Å²) < 4.78 is 5.47. The van der Waals surface area contributed by atoms with Crippen LogP contribution >= 0.6 is 0 Å². The number of aromatic nitrogens is 1. The lowest BCUT2D eigenvalue weighted by Crippen LogP contribution is -2.27. The lowest BCUT2D eigenvalue weighted by atomic mass is 10.1. The summed E-state index contributed by atoms with van der Waals surface area (Å²) >= 11 is 0. The lowest BCUT2D eigenvalue weighted by molar-refractivity contribution is 0.154. The average Bonchev–Trinajstić information content (AvgIpc) is 2.44. The predicted molar refractivity (Wildman–Crippen MR) is 85.3 cm³/mol. The van der Waals surface area contributed by atoms with Crippen LogP contribution in [0.1, 0.15) is 19.5 Å². The molecule has 0 unspecified atom stereocenters. The van der Waals surface area contributed by atoms with Crippen LogP contribution in [0.15, 0.2) is 24.3 Å². The molecule has 0 bridgehead atoms. The number of rotatable bonds is 6. The van der Waals surface area contributed by atoms with Crippen LogP contribution < -0.4 is 10.6 Å². The van der Waals surface area contributed by atoms with Crippen molar-refractivity contribution in [3.63, 3.8) is 0 Å². The van der Waals surface area contributed by atoms with Gasteiger partial charge >= 0.3 is 0 Å². The molecule has 4 heteroatoms. The van der Waals surface area contributed by atoms with Gasteiger partial charge in [0.25, 0.3) is 0 Å². The summed E-state index contributed by atoms with van der Waals surface area (Å²) in [6.45, 7) is 9.48. The number of pyridine rings is 1. The predicted octanol–water partition coefficient (Wildman–Crippen LogP) is 2.99. The molecule has 1 aromatic heterocycles. The molecule has 2 N–H and O–H groups in total. The molecule has 108 valence electrons. The normalized spacial score (nSPS) is 10.9. The van der Waals surface area contributed by atoms with Crippen molar-refractivity contribution >= 4 is 22.3 Å². The van der Waals surface area contributed by atoms with Crippen LogP contribution in [0, 0.1) is 6.92 Å². The Hall–Kier alpha value is -1.81. The van der Waals surface area contributed by atoms with Crippen molar-refractivity contribution in [2.75, 3.05) is 36.9 Å². The van der Waals surface area contributed by atoms with Crippen LogP contribution in [0.25, 0.3) is 10.9 Å². The maximum Gasteiger partial charge on any atom is 0.0727 e. The van der Waals surface area contributed by atoms with E-state index in [2.05, 4.69) is 22.9 Å². The van der Waals surface area contributed by atoms with Crippen molar-refractivity contribution in [2.24, 2.45) is 0 Å². The zero-order valence-corrected chi connectivity index (χ0v) is 12.5. The molecule has 1 aromatic carbocycles. The number of benzene rings is 1. The molecule has 0 spiro atoms. The van der Waals surface area contributed by atoms with Crippen molar-refractivity contribution in [2.45, 2.75) is 20.8 Å². The Morgan fingerprint density at radius 3 is 2.75 bits per heavy atom. The molecule has 0 aliphatic rings. The van der Waals surface area contributed by atoms with E-state index in [0.717, 1.165) is 48.6 Å². The Bertz CT molecular complexity index is 583. The maximum absolute atomic E-state index is 5.92. The largest absolute Gasteiger partial charge is 0.399 e. The maximum atomic E-state index is 5.92. The van der Waals surface area contributed by atoms with Gasteiger partial charge in [0.15, 0.2) is 0 Å². The number of hydrogen-bond acceptors (Lipinski definition) is 4. The van der Waals surface area contributed by atoms with E-state index in [-0.39, 0.29) is 0 Å². The Balaban J connectivity index is 2.41. The summed E-state index contributed by atoms with van der Waals surface area (Å²) in [5.41, 5.74) is 9.88. The molecule has 4 nitrogen and oxygen atoms in total. The van der Waals surface area contributed by atoms with Crippen LogP contribution in [0.3, 0.4) is 0 Å². The molecule has 2 aromatic rings. The summed E-state index contributed by atoms with van der Waals surface area (Å²) in [6.07, 6.45) is 0. The number of anilines is 2. The van der Waals surface area contributed by atoms with E-state index in [1.165, 1.54) is 5.69 Å². The number of fused-ring (bicyclic) bond motifs is 1. The first-order valence-corrected chi connectivity index (χ1v) is 7.15. The van der Waals surface area contributed by atoms with E-state index in [9.17, 15) is 0 Å². The van der Waals surface area contributed by atoms with Crippen LogP contribution in [0.2, 0.25) is 0 Å². The molecule has 0 radical (unpaired) electrons. The molecule has 0 amide bonds. The monoisotopic (exact) mass is 273 g/mol. The SMILES string of the molecule is CCOCCN(CC)c1cc(C)nc2ccc(N)cc12. The molecule has 0 saturated carbocycles. The molecular weight excluding hydrogens is 250 g/mol. The molecule has 2 rings (SSSR count). The molecule has 0 fully saturated rings. The van der Waals surface area contributed by atoms with Gasteiger partial charge in [-0.1, -0.05) is 0 Å². The zero-order chi connectivity index (χ0) is 14.5. The van der Waals surface area contributed by atoms with E-state index in [1.54, 1.807) is 0 Å². The van der Waals surface area contributed by atoms with Gasteiger partial charge in [-0.2, -0.15) is 0 Å². The first kappa shape index (κ1) is 14.6. The third-order valence-electron chi connectivity index (χ3n) is 3.37. The topological polar surface area (TPSA) is 51.4 Å². The van der Waals surface area contributed by atoms with E-state index < -0.39 is 0 Å².